The topological polar surface area (TPSA) is 101 Å². The van der Waals surface area contributed by atoms with Gasteiger partial charge in [-0.3, -0.25) is 19.7 Å². The minimum absolute atomic E-state index is 0.0814. The molecule has 27 heavy (non-hydrogen) atoms. The van der Waals surface area contributed by atoms with E-state index < -0.39 is 27.8 Å². The minimum Gasteiger partial charge on any atom is -0.481 e. The number of hydrogen-bond acceptors (Lipinski definition) is 4. The molecule has 2 atom stereocenters. The number of anilines is 1. The molecule has 2 aliphatic heterocycles. The molecule has 1 N–H and O–H groups in total. The summed E-state index contributed by atoms with van der Waals surface area (Å²) >= 11 is 0. The number of aliphatic carboxylic acids is 1. The second-order valence-electron chi connectivity index (χ2n) is 7.73. The lowest BCUT2D eigenvalue weighted by molar-refractivity contribution is -0.384. The van der Waals surface area contributed by atoms with E-state index in [2.05, 4.69) is 0 Å². The van der Waals surface area contributed by atoms with Gasteiger partial charge in [0, 0.05) is 28.8 Å². The molecule has 2 aromatic carbocycles. The van der Waals surface area contributed by atoms with Crippen molar-refractivity contribution in [1.29, 1.82) is 0 Å². The third-order valence-electron chi connectivity index (χ3n) is 6.35. The fourth-order valence-corrected chi connectivity index (χ4v) is 4.69. The molecule has 0 radical (unpaired) electrons. The lowest BCUT2D eigenvalue weighted by atomic mass is 9.61. The summed E-state index contributed by atoms with van der Waals surface area (Å²) in [5, 5.41) is 21.3. The Balaban J connectivity index is 2.07. The second kappa shape index (κ2) is 5.16. The number of benzene rings is 2. The van der Waals surface area contributed by atoms with E-state index in [4.69, 9.17) is 0 Å². The summed E-state index contributed by atoms with van der Waals surface area (Å²) < 4.78 is 0. The van der Waals surface area contributed by atoms with Crippen LogP contribution in [-0.4, -0.2) is 27.4 Å². The van der Waals surface area contributed by atoms with E-state index in [1.54, 1.807) is 37.3 Å². The number of carboxylic acids is 1. The molecule has 138 valence electrons. The van der Waals surface area contributed by atoms with Gasteiger partial charge in [-0.05, 0) is 30.2 Å². The molecule has 0 saturated heterocycles. The largest absolute Gasteiger partial charge is 0.481 e. The van der Waals surface area contributed by atoms with Gasteiger partial charge < -0.3 is 10.0 Å². The fraction of sp³-hybridized carbons (Fsp3) is 0.300. The number of rotatable bonds is 2. The van der Waals surface area contributed by atoms with E-state index in [1.165, 1.54) is 17.0 Å². The van der Waals surface area contributed by atoms with Crippen LogP contribution in [-0.2, 0) is 10.2 Å². The van der Waals surface area contributed by atoms with Gasteiger partial charge in [0.2, 0.25) is 0 Å². The maximum atomic E-state index is 13.3. The van der Waals surface area contributed by atoms with Crippen molar-refractivity contribution < 1.29 is 19.6 Å². The quantitative estimate of drug-likeness (QED) is 0.648. The Bertz CT molecular complexity index is 1030. The smallest absolute Gasteiger partial charge is 0.313 e. The van der Waals surface area contributed by atoms with Crippen LogP contribution in [0.2, 0.25) is 0 Å². The monoisotopic (exact) mass is 366 g/mol. The highest BCUT2D eigenvalue weighted by atomic mass is 16.6. The summed E-state index contributed by atoms with van der Waals surface area (Å²) in [6.07, 6.45) is 0. The molecular weight excluding hydrogens is 348 g/mol. The third kappa shape index (κ3) is 1.91. The first-order chi connectivity index (χ1) is 12.6. The zero-order valence-corrected chi connectivity index (χ0v) is 15.1. The summed E-state index contributed by atoms with van der Waals surface area (Å²) in [6, 6.07) is 11.1. The van der Waals surface area contributed by atoms with Gasteiger partial charge in [0.05, 0.1) is 10.5 Å². The summed E-state index contributed by atoms with van der Waals surface area (Å²) in [4.78, 5) is 38.0. The van der Waals surface area contributed by atoms with Crippen LogP contribution in [0.3, 0.4) is 0 Å². The van der Waals surface area contributed by atoms with Crippen molar-refractivity contribution in [1.82, 2.24) is 0 Å². The number of carbonyl (C=O) groups is 2. The molecule has 2 aromatic rings. The van der Waals surface area contributed by atoms with Gasteiger partial charge in [-0.2, -0.15) is 0 Å². The second-order valence-corrected chi connectivity index (χ2v) is 7.73. The maximum absolute atomic E-state index is 13.3. The SMILES string of the molecule is CC1(C)c2cc([N+](=O)[O-])ccc2N2C(=O)c3ccccc3[C@H](C(=O)O)[C@]21C. The van der Waals surface area contributed by atoms with Crippen molar-refractivity contribution in [2.75, 3.05) is 4.90 Å². The van der Waals surface area contributed by atoms with Crippen molar-refractivity contribution in [2.24, 2.45) is 0 Å². The van der Waals surface area contributed by atoms with Gasteiger partial charge in [0.1, 0.15) is 5.92 Å². The van der Waals surface area contributed by atoms with E-state index in [-0.39, 0.29) is 11.6 Å². The Morgan fingerprint density at radius 2 is 1.85 bits per heavy atom. The highest BCUT2D eigenvalue weighted by molar-refractivity contribution is 6.13. The van der Waals surface area contributed by atoms with Crippen LogP contribution in [0.1, 0.15) is 48.2 Å². The Labute approximate surface area is 155 Å². The summed E-state index contributed by atoms with van der Waals surface area (Å²) in [5.74, 6) is -2.28. The van der Waals surface area contributed by atoms with Crippen molar-refractivity contribution in [2.45, 2.75) is 37.6 Å². The lowest BCUT2D eigenvalue weighted by Crippen LogP contribution is -2.63. The first-order valence-electron chi connectivity index (χ1n) is 8.57. The van der Waals surface area contributed by atoms with Crippen LogP contribution < -0.4 is 4.90 Å². The number of fused-ring (bicyclic) bond motifs is 4. The molecule has 2 heterocycles. The number of hydrogen-bond donors (Lipinski definition) is 1. The number of nitro benzene ring substituents is 1. The van der Waals surface area contributed by atoms with Crippen molar-refractivity contribution in [3.8, 4) is 0 Å². The normalized spacial score (nSPS) is 24.8. The molecule has 0 spiro atoms. The van der Waals surface area contributed by atoms with Crippen LogP contribution in [0.25, 0.3) is 0 Å². The van der Waals surface area contributed by atoms with Crippen LogP contribution in [0.15, 0.2) is 42.5 Å². The van der Waals surface area contributed by atoms with Gasteiger partial charge in [-0.1, -0.05) is 32.0 Å². The molecule has 0 aliphatic carbocycles. The van der Waals surface area contributed by atoms with Gasteiger partial charge in [0.25, 0.3) is 11.6 Å². The van der Waals surface area contributed by atoms with Crippen LogP contribution in [0, 0.1) is 10.1 Å². The highest BCUT2D eigenvalue weighted by Crippen LogP contribution is 2.60. The zero-order valence-electron chi connectivity index (χ0n) is 15.1. The molecule has 0 aromatic heterocycles. The van der Waals surface area contributed by atoms with Gasteiger partial charge in [0.15, 0.2) is 0 Å². The molecule has 0 fully saturated rings. The molecule has 2 aliphatic rings. The molecule has 1 amide bonds. The maximum Gasteiger partial charge on any atom is 0.313 e. The third-order valence-corrected chi connectivity index (χ3v) is 6.35. The van der Waals surface area contributed by atoms with Gasteiger partial charge in [-0.15, -0.1) is 0 Å². The molecule has 0 saturated carbocycles. The molecule has 0 unspecified atom stereocenters. The molecular formula is C20H18N2O5. The fourth-order valence-electron chi connectivity index (χ4n) is 4.69. The standard InChI is InChI=1S/C20H18N2O5/c1-19(2)14-10-11(22(26)27)8-9-15(14)21-17(23)13-7-5-4-6-12(13)16(18(24)25)20(19,21)3/h4-10,16H,1-3H3,(H,24,25)/t16-,20+/m1/s1. The predicted molar refractivity (Wildman–Crippen MR) is 98.2 cm³/mol. The van der Waals surface area contributed by atoms with E-state index >= 15 is 0 Å². The Morgan fingerprint density at radius 1 is 1.19 bits per heavy atom. The highest BCUT2D eigenvalue weighted by Gasteiger charge is 2.65. The van der Waals surface area contributed by atoms with Gasteiger partial charge in [-0.25, -0.2) is 0 Å². The minimum atomic E-state index is -1.11. The van der Waals surface area contributed by atoms with Crippen LogP contribution >= 0.6 is 0 Å². The molecule has 7 heteroatoms. The van der Waals surface area contributed by atoms with Crippen LogP contribution in [0.5, 0.6) is 0 Å². The van der Waals surface area contributed by atoms with Crippen molar-refractivity contribution in [3.05, 3.63) is 69.3 Å². The number of amides is 1. The first kappa shape index (κ1) is 17.2. The average molecular weight is 366 g/mol. The van der Waals surface area contributed by atoms with Gasteiger partial charge >= 0.3 is 5.97 Å². The van der Waals surface area contributed by atoms with Crippen molar-refractivity contribution in [3.63, 3.8) is 0 Å². The number of carbonyl (C=O) groups excluding carboxylic acids is 1. The van der Waals surface area contributed by atoms with E-state index in [0.717, 1.165) is 0 Å². The van der Waals surface area contributed by atoms with E-state index in [1.807, 2.05) is 13.8 Å². The molecule has 4 rings (SSSR count). The molecule has 7 nitrogen and oxygen atoms in total. The number of carboxylic acid groups (broad SMARTS) is 1. The Kier molecular flexibility index (Phi) is 3.29. The van der Waals surface area contributed by atoms with E-state index in [9.17, 15) is 24.8 Å². The summed E-state index contributed by atoms with van der Waals surface area (Å²) in [7, 11) is 0. The first-order valence-corrected chi connectivity index (χ1v) is 8.57. The zero-order chi connectivity index (χ0) is 19.7. The predicted octanol–water partition coefficient (Wildman–Crippen LogP) is 3.47. The number of nitro groups is 1. The number of non-ortho nitro benzene ring substituents is 1. The van der Waals surface area contributed by atoms with Crippen molar-refractivity contribution >= 4 is 23.3 Å². The van der Waals surface area contributed by atoms with E-state index in [0.29, 0.717) is 22.4 Å². The Hall–Kier alpha value is -3.22. The molecule has 0 bridgehead atoms. The summed E-state index contributed by atoms with van der Waals surface area (Å²) in [6.45, 7) is 5.44. The average Bonchev–Trinajstić information content (AvgIpc) is 2.78. The lowest BCUT2D eigenvalue weighted by Gasteiger charge is -2.51. The summed E-state index contributed by atoms with van der Waals surface area (Å²) in [5.41, 5.74) is -0.0522. The Morgan fingerprint density at radius 3 is 2.48 bits per heavy atom. The number of nitrogens with zero attached hydrogens (tertiary/aromatic N) is 2. The van der Waals surface area contributed by atoms with Crippen LogP contribution in [0.4, 0.5) is 11.4 Å².